The highest BCUT2D eigenvalue weighted by Crippen LogP contribution is 2.44. The van der Waals surface area contributed by atoms with Gasteiger partial charge in [0.25, 0.3) is 5.91 Å². The number of amides is 3. The van der Waals surface area contributed by atoms with Crippen molar-refractivity contribution in [2.45, 2.75) is 26.4 Å². The van der Waals surface area contributed by atoms with Crippen molar-refractivity contribution in [1.29, 1.82) is 10.7 Å². The van der Waals surface area contributed by atoms with Crippen molar-refractivity contribution in [3.63, 3.8) is 0 Å². The second kappa shape index (κ2) is 12.7. The van der Waals surface area contributed by atoms with E-state index in [-0.39, 0.29) is 34.6 Å². The van der Waals surface area contributed by atoms with E-state index in [1.807, 2.05) is 0 Å². The van der Waals surface area contributed by atoms with Crippen LogP contribution in [0.5, 0.6) is 5.75 Å². The molecule has 0 atom stereocenters. The lowest BCUT2D eigenvalue weighted by atomic mass is 9.93. The Morgan fingerprint density at radius 1 is 0.977 bits per heavy atom. The number of carboxylic acid groups (broad SMARTS) is 1. The number of hydrogen-bond acceptors (Lipinski definition) is 7. The lowest BCUT2D eigenvalue weighted by molar-refractivity contribution is -0.137. The minimum atomic E-state index is -4.93. The number of nitrogens with zero attached hydrogens (tertiary/aromatic N) is 3. The zero-order valence-electron chi connectivity index (χ0n) is 23.8. The van der Waals surface area contributed by atoms with Crippen LogP contribution < -0.4 is 15.1 Å². The van der Waals surface area contributed by atoms with Gasteiger partial charge in [-0.2, -0.15) is 18.4 Å². The first kappa shape index (κ1) is 32.8. The standard InChI is InChI=1S/C30H26F3N5O6/c1-5-26(41)38(4)24-12-21(27(35)28(42)36-23-9-6-16(14-34)10-20(23)29(43)44)25(40)13-19(24)18-8-7-17(37(3)15(2)39)11-22(18)30(31,32)33/h6-13,35,40H,5H2,1-4H3,(H,36,42)(H,43,44). The van der Waals surface area contributed by atoms with Gasteiger partial charge in [0.1, 0.15) is 11.5 Å². The van der Waals surface area contributed by atoms with Crippen molar-refractivity contribution in [1.82, 2.24) is 0 Å². The minimum absolute atomic E-state index is 0.00354. The highest BCUT2D eigenvalue weighted by Gasteiger charge is 2.36. The van der Waals surface area contributed by atoms with E-state index in [0.29, 0.717) is 0 Å². The van der Waals surface area contributed by atoms with Gasteiger partial charge >= 0.3 is 12.1 Å². The number of phenolic OH excluding ortho intramolecular Hbond substituents is 1. The third-order valence-electron chi connectivity index (χ3n) is 6.73. The Morgan fingerprint density at radius 2 is 1.64 bits per heavy atom. The molecule has 0 spiro atoms. The first-order chi connectivity index (χ1) is 20.5. The number of hydrogen-bond donors (Lipinski definition) is 4. The van der Waals surface area contributed by atoms with Crippen LogP contribution in [0, 0.1) is 16.7 Å². The molecule has 0 heterocycles. The molecule has 0 saturated heterocycles. The third kappa shape index (κ3) is 6.67. The summed E-state index contributed by atoms with van der Waals surface area (Å²) in [5.41, 5.74) is -4.20. The summed E-state index contributed by atoms with van der Waals surface area (Å²) >= 11 is 0. The maximum atomic E-state index is 14.3. The molecule has 0 aliphatic heterocycles. The Bertz CT molecular complexity index is 1750. The summed E-state index contributed by atoms with van der Waals surface area (Å²) in [6.45, 7) is 2.69. The topological polar surface area (TPSA) is 175 Å². The number of alkyl halides is 3. The quantitative estimate of drug-likeness (QED) is 0.260. The van der Waals surface area contributed by atoms with Crippen LogP contribution in [0.2, 0.25) is 0 Å². The number of carbonyl (C=O) groups is 4. The van der Waals surface area contributed by atoms with Crippen LogP contribution in [0.3, 0.4) is 0 Å². The van der Waals surface area contributed by atoms with Gasteiger partial charge in [-0.05, 0) is 48.0 Å². The van der Waals surface area contributed by atoms with Crippen LogP contribution >= 0.6 is 0 Å². The van der Waals surface area contributed by atoms with Gasteiger partial charge in [-0.3, -0.25) is 19.8 Å². The number of aromatic carboxylic acids is 1. The lowest BCUT2D eigenvalue weighted by Crippen LogP contribution is -2.28. The Hall–Kier alpha value is -5.71. The molecule has 0 radical (unpaired) electrons. The fourth-order valence-electron chi connectivity index (χ4n) is 4.24. The first-order valence-electron chi connectivity index (χ1n) is 12.8. The van der Waals surface area contributed by atoms with E-state index in [1.54, 1.807) is 6.07 Å². The summed E-state index contributed by atoms with van der Waals surface area (Å²) in [7, 11) is 2.57. The molecule has 0 aliphatic carbocycles. The van der Waals surface area contributed by atoms with Crippen molar-refractivity contribution in [3.8, 4) is 22.9 Å². The number of phenols is 1. The van der Waals surface area contributed by atoms with E-state index in [0.717, 1.165) is 46.2 Å². The molecule has 0 aromatic heterocycles. The van der Waals surface area contributed by atoms with E-state index < -0.39 is 63.6 Å². The van der Waals surface area contributed by atoms with E-state index in [9.17, 15) is 42.6 Å². The van der Waals surface area contributed by atoms with E-state index in [4.69, 9.17) is 10.7 Å². The van der Waals surface area contributed by atoms with Crippen LogP contribution in [-0.2, 0) is 20.6 Å². The Balaban J connectivity index is 2.20. The molecule has 3 aromatic carbocycles. The van der Waals surface area contributed by atoms with Gasteiger partial charge in [0.05, 0.1) is 34.1 Å². The summed E-state index contributed by atoms with van der Waals surface area (Å²) in [6, 6.07) is 10.1. The molecule has 0 saturated carbocycles. The van der Waals surface area contributed by atoms with E-state index in [1.165, 1.54) is 40.1 Å². The Kier molecular flexibility index (Phi) is 9.44. The number of nitriles is 1. The summed E-state index contributed by atoms with van der Waals surface area (Å²) < 4.78 is 42.9. The largest absolute Gasteiger partial charge is 0.507 e. The normalized spacial score (nSPS) is 10.9. The van der Waals surface area contributed by atoms with Gasteiger partial charge in [0.2, 0.25) is 11.8 Å². The third-order valence-corrected chi connectivity index (χ3v) is 6.73. The predicted molar refractivity (Wildman–Crippen MR) is 155 cm³/mol. The molecule has 3 amide bonds. The smallest absolute Gasteiger partial charge is 0.417 e. The summed E-state index contributed by atoms with van der Waals surface area (Å²) in [5, 5.41) is 40.0. The molecule has 4 N–H and O–H groups in total. The average Bonchev–Trinajstić information content (AvgIpc) is 2.98. The number of nitrogens with one attached hydrogen (secondary N) is 2. The van der Waals surface area contributed by atoms with Gasteiger partial charge in [-0.1, -0.05) is 13.0 Å². The van der Waals surface area contributed by atoms with Crippen molar-refractivity contribution >= 4 is 46.5 Å². The molecule has 3 rings (SSSR count). The van der Waals surface area contributed by atoms with Crippen LogP contribution in [-0.4, -0.2) is 53.7 Å². The second-order valence-electron chi connectivity index (χ2n) is 9.50. The molecule has 14 heteroatoms. The first-order valence-corrected chi connectivity index (χ1v) is 12.8. The molecule has 0 fully saturated rings. The molecule has 44 heavy (non-hydrogen) atoms. The number of aromatic hydroxyl groups is 1. The van der Waals surface area contributed by atoms with Crippen LogP contribution in [0.4, 0.5) is 30.2 Å². The summed E-state index contributed by atoms with van der Waals surface area (Å²) in [6.07, 6.45) is -4.99. The monoisotopic (exact) mass is 609 g/mol. The van der Waals surface area contributed by atoms with E-state index >= 15 is 0 Å². The van der Waals surface area contributed by atoms with Gasteiger partial charge in [-0.25, -0.2) is 4.79 Å². The highest BCUT2D eigenvalue weighted by atomic mass is 19.4. The van der Waals surface area contributed by atoms with Gasteiger partial charge in [0.15, 0.2) is 0 Å². The average molecular weight is 610 g/mol. The van der Waals surface area contributed by atoms with Crippen molar-refractivity contribution in [3.05, 3.63) is 70.8 Å². The zero-order chi connectivity index (χ0) is 33.1. The van der Waals surface area contributed by atoms with Crippen molar-refractivity contribution in [2.75, 3.05) is 29.2 Å². The molecular weight excluding hydrogens is 583 g/mol. The zero-order valence-corrected chi connectivity index (χ0v) is 23.8. The maximum absolute atomic E-state index is 14.3. The predicted octanol–water partition coefficient (Wildman–Crippen LogP) is 5.01. The van der Waals surface area contributed by atoms with Crippen molar-refractivity contribution in [2.24, 2.45) is 0 Å². The molecule has 0 unspecified atom stereocenters. The minimum Gasteiger partial charge on any atom is -0.507 e. The second-order valence-corrected chi connectivity index (χ2v) is 9.50. The maximum Gasteiger partial charge on any atom is 0.417 e. The summed E-state index contributed by atoms with van der Waals surface area (Å²) in [4.78, 5) is 51.1. The summed E-state index contributed by atoms with van der Waals surface area (Å²) in [5.74, 6) is -4.50. The van der Waals surface area contributed by atoms with E-state index in [2.05, 4.69) is 5.32 Å². The Labute approximate surface area is 249 Å². The fraction of sp³-hybridized carbons (Fsp3) is 0.200. The number of halogens is 3. The SMILES string of the molecule is CCC(=O)N(C)c1cc(C(=N)C(=O)Nc2ccc(C#N)cc2C(=O)O)c(O)cc1-c1ccc(N(C)C(C)=O)cc1C(F)(F)F. The number of carboxylic acids is 1. The molecule has 0 bridgehead atoms. The fourth-order valence-corrected chi connectivity index (χ4v) is 4.24. The van der Waals surface area contributed by atoms with Crippen LogP contribution in [0.15, 0.2) is 48.5 Å². The lowest BCUT2D eigenvalue weighted by Gasteiger charge is -2.25. The molecule has 228 valence electrons. The molecule has 11 nitrogen and oxygen atoms in total. The van der Waals surface area contributed by atoms with Gasteiger partial charge < -0.3 is 25.3 Å². The van der Waals surface area contributed by atoms with Crippen LogP contribution in [0.1, 0.15) is 47.3 Å². The van der Waals surface area contributed by atoms with Gasteiger partial charge in [-0.15, -0.1) is 0 Å². The molecule has 3 aromatic rings. The van der Waals surface area contributed by atoms with Crippen LogP contribution in [0.25, 0.3) is 11.1 Å². The Morgan fingerprint density at radius 3 is 2.18 bits per heavy atom. The number of rotatable bonds is 8. The number of anilines is 3. The highest BCUT2D eigenvalue weighted by molar-refractivity contribution is 6.48. The molecule has 0 aliphatic rings. The number of carbonyl (C=O) groups excluding carboxylic acids is 3. The van der Waals surface area contributed by atoms with Gasteiger partial charge in [0, 0.05) is 44.3 Å². The van der Waals surface area contributed by atoms with Crippen molar-refractivity contribution < 1.29 is 42.6 Å². The number of benzene rings is 3. The molecular formula is C30H26F3N5O6.